The van der Waals surface area contributed by atoms with Crippen LogP contribution in [-0.4, -0.2) is 35.6 Å². The van der Waals surface area contributed by atoms with Gasteiger partial charge in [0.25, 0.3) is 0 Å². The van der Waals surface area contributed by atoms with Gasteiger partial charge in [0.05, 0.1) is 0 Å². The summed E-state index contributed by atoms with van der Waals surface area (Å²) in [4.78, 5) is 2.66. The second-order valence-corrected chi connectivity index (χ2v) is 5.97. The number of nitrogens with zero attached hydrogens (tertiary/aromatic N) is 1. The zero-order valence-electron chi connectivity index (χ0n) is 11.0. The standard InChI is InChI=1S/C14H26N2/c1-5-6-11(2)16-10-14(4,13-7-8-13)15-9-12(16)3/h5,11-13,15H,1,6-10H2,2-4H3. The highest BCUT2D eigenvalue weighted by molar-refractivity contribution is 5.04. The third kappa shape index (κ3) is 2.33. The van der Waals surface area contributed by atoms with Gasteiger partial charge in [-0.05, 0) is 46.0 Å². The molecular weight excluding hydrogens is 196 g/mol. The number of hydrogen-bond donors (Lipinski definition) is 1. The van der Waals surface area contributed by atoms with Crippen LogP contribution in [-0.2, 0) is 0 Å². The van der Waals surface area contributed by atoms with Crippen LogP contribution in [0.25, 0.3) is 0 Å². The predicted molar refractivity (Wildman–Crippen MR) is 69.6 cm³/mol. The first-order valence-corrected chi connectivity index (χ1v) is 6.68. The van der Waals surface area contributed by atoms with E-state index in [0.29, 0.717) is 17.6 Å². The van der Waals surface area contributed by atoms with Gasteiger partial charge < -0.3 is 5.32 Å². The fourth-order valence-electron chi connectivity index (χ4n) is 3.05. The minimum Gasteiger partial charge on any atom is -0.308 e. The second-order valence-electron chi connectivity index (χ2n) is 5.97. The zero-order chi connectivity index (χ0) is 11.8. The number of rotatable bonds is 4. The molecule has 1 saturated heterocycles. The topological polar surface area (TPSA) is 15.3 Å². The molecule has 2 heteroatoms. The summed E-state index contributed by atoms with van der Waals surface area (Å²) in [5.74, 6) is 0.915. The predicted octanol–water partition coefficient (Wildman–Crippen LogP) is 2.41. The maximum Gasteiger partial charge on any atom is 0.0309 e. The molecular formula is C14H26N2. The average Bonchev–Trinajstić information content (AvgIpc) is 3.06. The fraction of sp³-hybridized carbons (Fsp3) is 0.857. The molecule has 1 N–H and O–H groups in total. The van der Waals surface area contributed by atoms with E-state index < -0.39 is 0 Å². The third-order valence-electron chi connectivity index (χ3n) is 4.43. The SMILES string of the molecule is C=CCC(C)N1CC(C)(C2CC2)NCC1C. The fourth-order valence-corrected chi connectivity index (χ4v) is 3.05. The van der Waals surface area contributed by atoms with E-state index in [1.165, 1.54) is 19.4 Å². The van der Waals surface area contributed by atoms with E-state index in [1.54, 1.807) is 0 Å². The molecule has 0 aromatic carbocycles. The average molecular weight is 222 g/mol. The molecule has 0 spiro atoms. The van der Waals surface area contributed by atoms with Crippen LogP contribution in [0, 0.1) is 5.92 Å². The van der Waals surface area contributed by atoms with Gasteiger partial charge >= 0.3 is 0 Å². The summed E-state index contributed by atoms with van der Waals surface area (Å²) in [6, 6.07) is 1.29. The molecule has 2 aliphatic rings. The van der Waals surface area contributed by atoms with Gasteiger partial charge in [0, 0.05) is 30.7 Å². The summed E-state index contributed by atoms with van der Waals surface area (Å²) in [5.41, 5.74) is 0.363. The largest absolute Gasteiger partial charge is 0.308 e. The molecule has 1 saturated carbocycles. The lowest BCUT2D eigenvalue weighted by Crippen LogP contribution is -2.64. The molecule has 1 aliphatic carbocycles. The first kappa shape index (κ1) is 12.1. The highest BCUT2D eigenvalue weighted by Gasteiger charge is 2.45. The molecule has 0 aromatic rings. The summed E-state index contributed by atoms with van der Waals surface area (Å²) in [6.07, 6.45) is 5.99. The molecule has 2 fully saturated rings. The molecule has 0 bridgehead atoms. The van der Waals surface area contributed by atoms with Crippen molar-refractivity contribution in [3.63, 3.8) is 0 Å². The third-order valence-corrected chi connectivity index (χ3v) is 4.43. The molecule has 3 atom stereocenters. The Morgan fingerprint density at radius 1 is 1.56 bits per heavy atom. The Morgan fingerprint density at radius 2 is 2.25 bits per heavy atom. The molecule has 16 heavy (non-hydrogen) atoms. The molecule has 92 valence electrons. The van der Waals surface area contributed by atoms with E-state index >= 15 is 0 Å². The molecule has 0 radical (unpaired) electrons. The van der Waals surface area contributed by atoms with Gasteiger partial charge in [-0.25, -0.2) is 0 Å². The number of piperazine rings is 1. The lowest BCUT2D eigenvalue weighted by molar-refractivity contribution is 0.0530. The highest BCUT2D eigenvalue weighted by atomic mass is 15.3. The van der Waals surface area contributed by atoms with Crippen molar-refractivity contribution < 1.29 is 0 Å². The molecule has 2 rings (SSSR count). The van der Waals surface area contributed by atoms with Gasteiger partial charge in [0.15, 0.2) is 0 Å². The van der Waals surface area contributed by atoms with E-state index in [9.17, 15) is 0 Å². The summed E-state index contributed by atoms with van der Waals surface area (Å²) < 4.78 is 0. The first-order chi connectivity index (χ1) is 7.57. The van der Waals surface area contributed by atoms with Crippen LogP contribution in [0.5, 0.6) is 0 Å². The maximum atomic E-state index is 3.86. The Morgan fingerprint density at radius 3 is 2.81 bits per heavy atom. The van der Waals surface area contributed by atoms with Gasteiger partial charge in [0.2, 0.25) is 0 Å². The quantitative estimate of drug-likeness (QED) is 0.735. The van der Waals surface area contributed by atoms with Crippen LogP contribution < -0.4 is 5.32 Å². The smallest absolute Gasteiger partial charge is 0.0309 e. The van der Waals surface area contributed by atoms with E-state index in [0.717, 1.165) is 18.9 Å². The molecule has 1 aliphatic heterocycles. The van der Waals surface area contributed by atoms with E-state index in [4.69, 9.17) is 0 Å². The summed E-state index contributed by atoms with van der Waals surface area (Å²) in [7, 11) is 0. The van der Waals surface area contributed by atoms with Gasteiger partial charge in [-0.15, -0.1) is 6.58 Å². The molecule has 3 unspecified atom stereocenters. The van der Waals surface area contributed by atoms with Crippen LogP contribution in [0.2, 0.25) is 0 Å². The number of hydrogen-bond acceptors (Lipinski definition) is 2. The van der Waals surface area contributed by atoms with Crippen molar-refractivity contribution in [1.29, 1.82) is 0 Å². The van der Waals surface area contributed by atoms with Gasteiger partial charge in [-0.3, -0.25) is 4.90 Å². The van der Waals surface area contributed by atoms with Crippen molar-refractivity contribution in [2.45, 2.75) is 57.7 Å². The normalized spacial score (nSPS) is 38.3. The van der Waals surface area contributed by atoms with E-state index in [-0.39, 0.29) is 0 Å². The van der Waals surface area contributed by atoms with E-state index in [2.05, 4.69) is 37.6 Å². The Labute approximate surface area is 100 Å². The van der Waals surface area contributed by atoms with E-state index in [1.807, 2.05) is 6.08 Å². The van der Waals surface area contributed by atoms with Crippen molar-refractivity contribution in [1.82, 2.24) is 10.2 Å². The number of nitrogens with one attached hydrogen (secondary N) is 1. The summed E-state index contributed by atoms with van der Waals surface area (Å²) in [5, 5.41) is 3.77. The lowest BCUT2D eigenvalue weighted by atomic mass is 9.90. The zero-order valence-corrected chi connectivity index (χ0v) is 11.0. The van der Waals surface area contributed by atoms with Gasteiger partial charge in [0.1, 0.15) is 0 Å². The van der Waals surface area contributed by atoms with Crippen LogP contribution in [0.4, 0.5) is 0 Å². The van der Waals surface area contributed by atoms with Crippen molar-refractivity contribution >= 4 is 0 Å². The van der Waals surface area contributed by atoms with Crippen molar-refractivity contribution in [2.75, 3.05) is 13.1 Å². The second kappa shape index (κ2) is 4.50. The van der Waals surface area contributed by atoms with Crippen LogP contribution in [0.3, 0.4) is 0 Å². The van der Waals surface area contributed by atoms with Crippen molar-refractivity contribution in [3.05, 3.63) is 12.7 Å². The van der Waals surface area contributed by atoms with Gasteiger partial charge in [-0.1, -0.05) is 6.08 Å². The first-order valence-electron chi connectivity index (χ1n) is 6.68. The Kier molecular flexibility index (Phi) is 3.41. The van der Waals surface area contributed by atoms with Crippen LogP contribution in [0.1, 0.15) is 40.0 Å². The monoisotopic (exact) mass is 222 g/mol. The van der Waals surface area contributed by atoms with Crippen molar-refractivity contribution in [3.8, 4) is 0 Å². The summed E-state index contributed by atoms with van der Waals surface area (Å²) in [6.45, 7) is 13.3. The maximum absolute atomic E-state index is 3.86. The van der Waals surface area contributed by atoms with Gasteiger partial charge in [-0.2, -0.15) is 0 Å². The van der Waals surface area contributed by atoms with Crippen LogP contribution in [0.15, 0.2) is 12.7 Å². The minimum atomic E-state index is 0.363. The Balaban J connectivity index is 2.01. The minimum absolute atomic E-state index is 0.363. The summed E-state index contributed by atoms with van der Waals surface area (Å²) >= 11 is 0. The molecule has 0 amide bonds. The van der Waals surface area contributed by atoms with Crippen LogP contribution >= 0.6 is 0 Å². The lowest BCUT2D eigenvalue weighted by Gasteiger charge is -2.48. The Bertz CT molecular complexity index is 259. The molecule has 1 heterocycles. The Hall–Kier alpha value is -0.340. The highest BCUT2D eigenvalue weighted by Crippen LogP contribution is 2.41. The molecule has 2 nitrogen and oxygen atoms in total. The molecule has 0 aromatic heterocycles. The van der Waals surface area contributed by atoms with Crippen molar-refractivity contribution in [2.24, 2.45) is 5.92 Å².